The zero-order chi connectivity index (χ0) is 26.4. The summed E-state index contributed by atoms with van der Waals surface area (Å²) in [5.74, 6) is -33.0. The highest BCUT2D eigenvalue weighted by atomic mass is 19.4. The Bertz CT molecular complexity index is 706. The van der Waals surface area contributed by atoms with E-state index in [0.717, 1.165) is 6.92 Å². The fourth-order valence-corrected chi connectivity index (χ4v) is 2.07. The third kappa shape index (κ3) is 4.73. The van der Waals surface area contributed by atoms with E-state index in [1.807, 2.05) is 0 Å². The van der Waals surface area contributed by atoms with Crippen molar-refractivity contribution in [2.24, 2.45) is 0 Å². The Morgan fingerprint density at radius 2 is 1.12 bits per heavy atom. The summed E-state index contributed by atoms with van der Waals surface area (Å²) in [5.41, 5.74) is -9.09. The molecule has 18 heteroatoms. The Kier molecular flexibility index (Phi) is 7.98. The first-order valence-corrected chi connectivity index (χ1v) is 7.64. The van der Waals surface area contributed by atoms with Crippen LogP contribution in [0, 0.1) is 0 Å². The van der Waals surface area contributed by atoms with Gasteiger partial charge in [0.05, 0.1) is 6.10 Å². The van der Waals surface area contributed by atoms with Crippen LogP contribution in [0.25, 0.3) is 0 Å². The van der Waals surface area contributed by atoms with Gasteiger partial charge < -0.3 is 10.2 Å². The molecule has 0 rings (SSSR count). The van der Waals surface area contributed by atoms with Gasteiger partial charge in [-0.1, -0.05) is 6.08 Å². The number of rotatable bonds is 9. The number of aliphatic hydroxyl groups excluding tert-OH is 1. The van der Waals surface area contributed by atoms with E-state index < -0.39 is 72.2 Å². The van der Waals surface area contributed by atoms with Crippen LogP contribution >= 0.6 is 0 Å². The summed E-state index contributed by atoms with van der Waals surface area (Å²) in [4.78, 5) is 10.4. The van der Waals surface area contributed by atoms with E-state index in [1.54, 1.807) is 0 Å². The van der Waals surface area contributed by atoms with Crippen LogP contribution < -0.4 is 0 Å². The molecule has 0 fully saturated rings. The second-order valence-corrected chi connectivity index (χ2v) is 6.37. The Morgan fingerprint density at radius 3 is 1.44 bits per heavy atom. The van der Waals surface area contributed by atoms with Crippen molar-refractivity contribution in [1.82, 2.24) is 0 Å². The molecule has 0 saturated carbocycles. The van der Waals surface area contributed by atoms with Crippen LogP contribution in [0.1, 0.15) is 19.8 Å². The van der Waals surface area contributed by atoms with Crippen molar-refractivity contribution in [3.05, 3.63) is 11.6 Å². The van der Waals surface area contributed by atoms with Gasteiger partial charge in [-0.05, 0) is 13.3 Å². The van der Waals surface area contributed by atoms with Crippen LogP contribution in [-0.4, -0.2) is 64.0 Å². The molecule has 0 heterocycles. The zero-order valence-corrected chi connectivity index (χ0v) is 15.0. The number of carbonyl (C=O) groups is 1. The molecule has 0 spiro atoms. The van der Waals surface area contributed by atoms with Crippen molar-refractivity contribution in [3.63, 3.8) is 0 Å². The van der Waals surface area contributed by atoms with Crippen LogP contribution in [0.3, 0.4) is 0 Å². The molecule has 0 aromatic carbocycles. The number of halogens is 15. The summed E-state index contributed by atoms with van der Waals surface area (Å²) in [6.07, 6.45) is -22.9. The summed E-state index contributed by atoms with van der Waals surface area (Å²) >= 11 is 0. The second kappa shape index (κ2) is 8.48. The molecule has 0 aromatic rings. The predicted molar refractivity (Wildman–Crippen MR) is 72.4 cm³/mol. The Labute approximate surface area is 167 Å². The molecule has 1 atom stereocenters. The highest BCUT2D eigenvalue weighted by Crippen LogP contribution is 2.64. The number of alkyl halides is 15. The minimum atomic E-state index is -8.52. The molecule has 0 saturated heterocycles. The van der Waals surface area contributed by atoms with Gasteiger partial charge in [0.15, 0.2) is 0 Å². The molecule has 0 bridgehead atoms. The molecule has 0 aliphatic heterocycles. The van der Waals surface area contributed by atoms with E-state index in [-0.39, 0.29) is 0 Å². The largest absolute Gasteiger partial charge is 0.478 e. The molecule has 0 amide bonds. The molecule has 1 unspecified atom stereocenters. The third-order valence-electron chi connectivity index (χ3n) is 3.99. The zero-order valence-electron chi connectivity index (χ0n) is 15.0. The summed E-state index contributed by atoms with van der Waals surface area (Å²) in [6.45, 7) is 0.769. The van der Waals surface area contributed by atoms with E-state index in [9.17, 15) is 70.7 Å². The molecule has 0 aromatic heterocycles. The van der Waals surface area contributed by atoms with E-state index in [1.165, 1.54) is 0 Å². The summed E-state index contributed by atoms with van der Waals surface area (Å²) in [6, 6.07) is 0. The van der Waals surface area contributed by atoms with Crippen molar-refractivity contribution in [1.29, 1.82) is 0 Å². The predicted octanol–water partition coefficient (Wildman–Crippen LogP) is 5.53. The van der Waals surface area contributed by atoms with Gasteiger partial charge in [-0.3, -0.25) is 0 Å². The standard InChI is InChI=1S/C14H11F15O3/c1-5(7(31)32)2-3-6(30)4-8(15,16)10(18,19)12(22,23)11(20,21)9(17,13(24,25)26)14(27,28)29/h2,6,30H,3-4H2,1H3,(H,31,32). The SMILES string of the molecule is CC(=CCC(O)CC(F)(F)C(F)(F)C(F)(F)C(F)(F)C(F)(C(F)(F)F)C(F)(F)F)C(=O)O. The van der Waals surface area contributed by atoms with Crippen molar-refractivity contribution in [2.45, 2.75) is 67.6 Å². The van der Waals surface area contributed by atoms with Gasteiger partial charge in [0.25, 0.3) is 0 Å². The maximum absolute atomic E-state index is 13.6. The van der Waals surface area contributed by atoms with E-state index in [2.05, 4.69) is 0 Å². The maximum atomic E-state index is 13.6. The van der Waals surface area contributed by atoms with Crippen LogP contribution in [0.5, 0.6) is 0 Å². The first-order valence-electron chi connectivity index (χ1n) is 7.64. The van der Waals surface area contributed by atoms with Crippen molar-refractivity contribution >= 4 is 5.97 Å². The third-order valence-corrected chi connectivity index (χ3v) is 3.99. The fourth-order valence-electron chi connectivity index (χ4n) is 2.07. The summed E-state index contributed by atoms with van der Waals surface area (Å²) in [7, 11) is 0. The van der Waals surface area contributed by atoms with E-state index in [4.69, 9.17) is 10.2 Å². The number of carboxylic acids is 1. The second-order valence-electron chi connectivity index (χ2n) is 6.37. The topological polar surface area (TPSA) is 57.5 Å². The van der Waals surface area contributed by atoms with E-state index >= 15 is 0 Å². The average molecular weight is 512 g/mol. The minimum Gasteiger partial charge on any atom is -0.478 e. The minimum absolute atomic E-state index is 0.369. The van der Waals surface area contributed by atoms with Gasteiger partial charge in [0.2, 0.25) is 0 Å². The van der Waals surface area contributed by atoms with Crippen molar-refractivity contribution in [3.8, 4) is 0 Å². The average Bonchev–Trinajstić information content (AvgIpc) is 2.55. The molecule has 0 aliphatic rings. The van der Waals surface area contributed by atoms with E-state index in [0.29, 0.717) is 6.08 Å². The van der Waals surface area contributed by atoms with Crippen LogP contribution in [0.4, 0.5) is 65.9 Å². The van der Waals surface area contributed by atoms with Gasteiger partial charge >= 0.3 is 47.7 Å². The normalized spacial score (nSPS) is 16.8. The van der Waals surface area contributed by atoms with Crippen LogP contribution in [-0.2, 0) is 4.79 Å². The lowest BCUT2D eigenvalue weighted by Crippen LogP contribution is -2.75. The molecule has 190 valence electrons. The number of carboxylic acid groups (broad SMARTS) is 1. The lowest BCUT2D eigenvalue weighted by molar-refractivity contribution is -0.457. The molecular formula is C14H11F15O3. The monoisotopic (exact) mass is 512 g/mol. The molecule has 2 N–H and O–H groups in total. The van der Waals surface area contributed by atoms with Crippen molar-refractivity contribution in [2.75, 3.05) is 0 Å². The lowest BCUT2D eigenvalue weighted by atomic mass is 9.84. The summed E-state index contributed by atoms with van der Waals surface area (Å²) < 4.78 is 196. The molecule has 0 aliphatic carbocycles. The molecule has 32 heavy (non-hydrogen) atoms. The molecule has 3 nitrogen and oxygen atoms in total. The van der Waals surface area contributed by atoms with Gasteiger partial charge in [-0.25, -0.2) is 9.18 Å². The van der Waals surface area contributed by atoms with Gasteiger partial charge in [0.1, 0.15) is 0 Å². The molecular weight excluding hydrogens is 501 g/mol. The van der Waals surface area contributed by atoms with Crippen LogP contribution in [0.15, 0.2) is 11.6 Å². The molecule has 0 radical (unpaired) electrons. The number of hydrogen-bond acceptors (Lipinski definition) is 2. The number of hydrogen-bond donors (Lipinski definition) is 2. The Morgan fingerprint density at radius 1 is 0.750 bits per heavy atom. The van der Waals surface area contributed by atoms with Gasteiger partial charge in [-0.15, -0.1) is 0 Å². The highest BCUT2D eigenvalue weighted by Gasteiger charge is 2.95. The smallest absolute Gasteiger partial charge is 0.438 e. The number of aliphatic hydroxyl groups is 1. The van der Waals surface area contributed by atoms with Crippen molar-refractivity contribution < 1.29 is 80.9 Å². The first kappa shape index (κ1) is 30.1. The quantitative estimate of drug-likeness (QED) is 0.316. The maximum Gasteiger partial charge on any atom is 0.438 e. The first-order chi connectivity index (χ1) is 13.7. The highest BCUT2D eigenvalue weighted by molar-refractivity contribution is 5.85. The van der Waals surface area contributed by atoms with Gasteiger partial charge in [0, 0.05) is 12.0 Å². The summed E-state index contributed by atoms with van der Waals surface area (Å²) in [5, 5.41) is 17.6. The fraction of sp³-hybridized carbons (Fsp3) is 0.786. The van der Waals surface area contributed by atoms with Crippen LogP contribution in [0.2, 0.25) is 0 Å². The Balaban J connectivity index is 6.36. The number of aliphatic carboxylic acids is 1. The van der Waals surface area contributed by atoms with Gasteiger partial charge in [-0.2, -0.15) is 61.5 Å². The lowest BCUT2D eigenvalue weighted by Gasteiger charge is -2.43. The Hall–Kier alpha value is -1.88.